The van der Waals surface area contributed by atoms with E-state index >= 15 is 0 Å². The van der Waals surface area contributed by atoms with Crippen molar-refractivity contribution in [2.24, 2.45) is 0 Å². The highest BCUT2D eigenvalue weighted by Gasteiger charge is 2.14. The highest BCUT2D eigenvalue weighted by atomic mass is 32.2. The van der Waals surface area contributed by atoms with Gasteiger partial charge in [-0.05, 0) is 24.8 Å². The number of aromatic nitrogens is 2. The van der Waals surface area contributed by atoms with Crippen LogP contribution in [0.4, 0.5) is 5.82 Å². The molecule has 0 spiro atoms. The van der Waals surface area contributed by atoms with Crippen LogP contribution in [-0.4, -0.2) is 41.3 Å². The molecule has 126 valence electrons. The molecule has 0 saturated carbocycles. The first-order valence-corrected chi connectivity index (χ1v) is 9.30. The van der Waals surface area contributed by atoms with Crippen molar-refractivity contribution in [2.75, 3.05) is 30.3 Å². The third kappa shape index (κ3) is 4.96. The Balaban J connectivity index is 1.42. The average molecular weight is 342 g/mol. The number of benzene rings is 1. The zero-order valence-electron chi connectivity index (χ0n) is 13.6. The standard InChI is InChI=1S/C18H22N4OS/c23-17(19-9-8-15-6-2-1-3-7-15)13-24-18-12-16(20-14-21-18)22-10-4-5-11-22/h1-3,6-7,12,14H,4-5,8-11,13H2,(H,19,23). The molecule has 6 heteroatoms. The molecule has 1 aromatic carbocycles. The van der Waals surface area contributed by atoms with Gasteiger partial charge in [-0.3, -0.25) is 4.79 Å². The maximum atomic E-state index is 12.0. The summed E-state index contributed by atoms with van der Waals surface area (Å²) in [5.74, 6) is 1.39. The molecule has 0 radical (unpaired) electrons. The van der Waals surface area contributed by atoms with E-state index in [1.807, 2.05) is 24.3 Å². The zero-order chi connectivity index (χ0) is 16.6. The molecule has 3 rings (SSSR count). The summed E-state index contributed by atoms with van der Waals surface area (Å²) in [5.41, 5.74) is 1.23. The van der Waals surface area contributed by atoms with Gasteiger partial charge < -0.3 is 10.2 Å². The molecule has 0 atom stereocenters. The number of amides is 1. The van der Waals surface area contributed by atoms with Crippen LogP contribution < -0.4 is 10.2 Å². The lowest BCUT2D eigenvalue weighted by Gasteiger charge is -2.16. The van der Waals surface area contributed by atoms with E-state index in [2.05, 4.69) is 32.3 Å². The monoisotopic (exact) mass is 342 g/mol. The average Bonchev–Trinajstić information content (AvgIpc) is 3.16. The highest BCUT2D eigenvalue weighted by molar-refractivity contribution is 7.99. The van der Waals surface area contributed by atoms with Gasteiger partial charge in [-0.1, -0.05) is 42.1 Å². The number of hydrogen-bond acceptors (Lipinski definition) is 5. The fourth-order valence-electron chi connectivity index (χ4n) is 2.71. The molecule has 5 nitrogen and oxygen atoms in total. The number of nitrogens with zero attached hydrogens (tertiary/aromatic N) is 3. The SMILES string of the molecule is O=C(CSc1cc(N2CCCC2)ncn1)NCCc1ccccc1. The fourth-order valence-corrected chi connectivity index (χ4v) is 3.40. The van der Waals surface area contributed by atoms with Gasteiger partial charge in [-0.15, -0.1) is 0 Å². The Morgan fingerprint density at radius 1 is 1.17 bits per heavy atom. The third-order valence-electron chi connectivity index (χ3n) is 3.99. The van der Waals surface area contributed by atoms with Crippen LogP contribution in [0.5, 0.6) is 0 Å². The zero-order valence-corrected chi connectivity index (χ0v) is 14.5. The van der Waals surface area contributed by atoms with E-state index in [0.29, 0.717) is 12.3 Å². The fraction of sp³-hybridized carbons (Fsp3) is 0.389. The molecule has 1 saturated heterocycles. The smallest absolute Gasteiger partial charge is 0.230 e. The molecular formula is C18H22N4OS. The molecule has 0 aliphatic carbocycles. The van der Waals surface area contributed by atoms with Gasteiger partial charge in [0.25, 0.3) is 0 Å². The van der Waals surface area contributed by atoms with Crippen molar-refractivity contribution >= 4 is 23.5 Å². The van der Waals surface area contributed by atoms with Crippen molar-refractivity contribution in [1.82, 2.24) is 15.3 Å². The van der Waals surface area contributed by atoms with Gasteiger partial charge in [0.1, 0.15) is 17.2 Å². The minimum absolute atomic E-state index is 0.0391. The van der Waals surface area contributed by atoms with Gasteiger partial charge in [0, 0.05) is 25.7 Å². The van der Waals surface area contributed by atoms with Gasteiger partial charge in [0.15, 0.2) is 0 Å². The first-order chi connectivity index (χ1) is 11.8. The van der Waals surface area contributed by atoms with Crippen LogP contribution in [0.1, 0.15) is 18.4 Å². The van der Waals surface area contributed by atoms with E-state index in [1.165, 1.54) is 30.2 Å². The van der Waals surface area contributed by atoms with Crippen molar-refractivity contribution in [2.45, 2.75) is 24.3 Å². The topological polar surface area (TPSA) is 58.1 Å². The number of thioether (sulfide) groups is 1. The van der Waals surface area contributed by atoms with Crippen LogP contribution in [0.15, 0.2) is 47.8 Å². The van der Waals surface area contributed by atoms with E-state index < -0.39 is 0 Å². The maximum absolute atomic E-state index is 12.0. The molecule has 24 heavy (non-hydrogen) atoms. The summed E-state index contributed by atoms with van der Waals surface area (Å²) in [6.45, 7) is 2.77. The normalized spacial score (nSPS) is 13.9. The first kappa shape index (κ1) is 16.8. The summed E-state index contributed by atoms with van der Waals surface area (Å²) in [6, 6.07) is 12.1. The lowest BCUT2D eigenvalue weighted by atomic mass is 10.1. The third-order valence-corrected chi connectivity index (χ3v) is 4.91. The minimum atomic E-state index is 0.0391. The summed E-state index contributed by atoms with van der Waals surface area (Å²) in [5, 5.41) is 3.81. The van der Waals surface area contributed by atoms with Crippen LogP contribution in [-0.2, 0) is 11.2 Å². The first-order valence-electron chi connectivity index (χ1n) is 8.32. The number of anilines is 1. The predicted octanol–water partition coefficient (Wildman–Crippen LogP) is 2.53. The molecule has 2 heterocycles. The van der Waals surface area contributed by atoms with Gasteiger partial charge in [0.2, 0.25) is 5.91 Å². The Labute approximate surface area is 146 Å². The van der Waals surface area contributed by atoms with Crippen molar-refractivity contribution in [3.63, 3.8) is 0 Å². The number of nitrogens with one attached hydrogen (secondary N) is 1. The van der Waals surface area contributed by atoms with E-state index in [-0.39, 0.29) is 5.91 Å². The number of hydrogen-bond donors (Lipinski definition) is 1. The van der Waals surface area contributed by atoms with Gasteiger partial charge in [-0.2, -0.15) is 0 Å². The number of carbonyl (C=O) groups excluding carboxylic acids is 1. The summed E-state index contributed by atoms with van der Waals surface area (Å²) < 4.78 is 0. The van der Waals surface area contributed by atoms with Gasteiger partial charge in [-0.25, -0.2) is 9.97 Å². The van der Waals surface area contributed by atoms with Crippen LogP contribution in [0, 0.1) is 0 Å². The number of carbonyl (C=O) groups is 1. The van der Waals surface area contributed by atoms with E-state index in [0.717, 1.165) is 30.4 Å². The Kier molecular flexibility index (Phi) is 6.07. The van der Waals surface area contributed by atoms with Crippen LogP contribution in [0.2, 0.25) is 0 Å². The molecule has 1 aliphatic rings. The van der Waals surface area contributed by atoms with E-state index in [1.54, 1.807) is 6.33 Å². The lowest BCUT2D eigenvalue weighted by molar-refractivity contribution is -0.118. The van der Waals surface area contributed by atoms with Crippen molar-refractivity contribution in [3.05, 3.63) is 48.3 Å². The summed E-state index contributed by atoms with van der Waals surface area (Å²) >= 11 is 1.46. The second-order valence-corrected chi connectivity index (χ2v) is 6.78. The summed E-state index contributed by atoms with van der Waals surface area (Å²) in [4.78, 5) is 22.8. The Hall–Kier alpha value is -2.08. The quantitative estimate of drug-likeness (QED) is 0.619. The second-order valence-electron chi connectivity index (χ2n) is 5.78. The second kappa shape index (κ2) is 8.68. The molecule has 0 unspecified atom stereocenters. The molecule has 1 aromatic heterocycles. The lowest BCUT2D eigenvalue weighted by Crippen LogP contribution is -2.27. The van der Waals surface area contributed by atoms with Gasteiger partial charge in [0.05, 0.1) is 5.75 Å². The van der Waals surface area contributed by atoms with Crippen LogP contribution >= 0.6 is 11.8 Å². The molecular weight excluding hydrogens is 320 g/mol. The van der Waals surface area contributed by atoms with Crippen molar-refractivity contribution in [3.8, 4) is 0 Å². The molecule has 1 amide bonds. The highest BCUT2D eigenvalue weighted by Crippen LogP contribution is 2.22. The Bertz CT molecular complexity index is 659. The van der Waals surface area contributed by atoms with Gasteiger partial charge >= 0.3 is 0 Å². The molecule has 1 aliphatic heterocycles. The maximum Gasteiger partial charge on any atom is 0.230 e. The summed E-state index contributed by atoms with van der Waals surface area (Å²) in [7, 11) is 0. The van der Waals surface area contributed by atoms with Crippen molar-refractivity contribution < 1.29 is 4.79 Å². The Morgan fingerprint density at radius 3 is 2.75 bits per heavy atom. The predicted molar refractivity (Wildman–Crippen MR) is 97.4 cm³/mol. The largest absolute Gasteiger partial charge is 0.356 e. The molecule has 2 aromatic rings. The van der Waals surface area contributed by atoms with Crippen LogP contribution in [0.25, 0.3) is 0 Å². The van der Waals surface area contributed by atoms with E-state index in [9.17, 15) is 4.79 Å². The molecule has 1 fully saturated rings. The molecule has 1 N–H and O–H groups in total. The number of rotatable bonds is 7. The Morgan fingerprint density at radius 2 is 1.96 bits per heavy atom. The molecule has 0 bridgehead atoms. The van der Waals surface area contributed by atoms with Crippen molar-refractivity contribution in [1.29, 1.82) is 0 Å². The summed E-state index contributed by atoms with van der Waals surface area (Å²) in [6.07, 6.45) is 4.87. The van der Waals surface area contributed by atoms with E-state index in [4.69, 9.17) is 0 Å². The van der Waals surface area contributed by atoms with Crippen LogP contribution in [0.3, 0.4) is 0 Å². The minimum Gasteiger partial charge on any atom is -0.356 e.